The van der Waals surface area contributed by atoms with Crippen molar-refractivity contribution < 1.29 is 19.0 Å². The second-order valence-electron chi connectivity index (χ2n) is 7.79. The number of aryl methyl sites for hydroxylation is 1. The SMILES string of the molecule is CCCCc1nc2ccc(Br)cc2c(=O)n1N=Cc1cc(OC)c(O[C@@H](C)C(=O)OCC)c(Br)c1Br. The summed E-state index contributed by atoms with van der Waals surface area (Å²) < 4.78 is 19.6. The molecule has 0 fully saturated rings. The van der Waals surface area contributed by atoms with Crippen molar-refractivity contribution in [2.24, 2.45) is 5.10 Å². The third-order valence-electron chi connectivity index (χ3n) is 5.23. The molecule has 8 nitrogen and oxygen atoms in total. The summed E-state index contributed by atoms with van der Waals surface area (Å²) in [5, 5.41) is 4.98. The Morgan fingerprint density at radius 1 is 1.19 bits per heavy atom. The lowest BCUT2D eigenvalue weighted by Crippen LogP contribution is -2.26. The number of carbonyl (C=O) groups is 1. The van der Waals surface area contributed by atoms with Gasteiger partial charge in [-0.05, 0) is 76.4 Å². The Balaban J connectivity index is 2.06. The number of methoxy groups -OCH3 is 1. The molecule has 192 valence electrons. The van der Waals surface area contributed by atoms with Gasteiger partial charge in [0.1, 0.15) is 5.82 Å². The molecule has 1 atom stereocenters. The lowest BCUT2D eigenvalue weighted by atomic mass is 10.2. The van der Waals surface area contributed by atoms with Gasteiger partial charge in [-0.15, -0.1) is 0 Å². The number of hydrogen-bond acceptors (Lipinski definition) is 7. The zero-order valence-electron chi connectivity index (χ0n) is 20.3. The number of unbranched alkanes of at least 4 members (excludes halogenated alkanes) is 1. The van der Waals surface area contributed by atoms with Crippen molar-refractivity contribution in [1.82, 2.24) is 9.66 Å². The van der Waals surface area contributed by atoms with Crippen molar-refractivity contribution in [3.05, 3.63) is 59.4 Å². The summed E-state index contributed by atoms with van der Waals surface area (Å²) in [6.07, 6.45) is 3.15. The van der Waals surface area contributed by atoms with E-state index in [2.05, 4.69) is 59.8 Å². The monoisotopic (exact) mass is 685 g/mol. The van der Waals surface area contributed by atoms with Crippen LogP contribution >= 0.6 is 47.8 Å². The molecule has 0 radical (unpaired) electrons. The summed E-state index contributed by atoms with van der Waals surface area (Å²) in [5.74, 6) is 0.808. The van der Waals surface area contributed by atoms with Gasteiger partial charge in [0.15, 0.2) is 17.6 Å². The molecule has 3 rings (SSSR count). The molecular formula is C25H26Br3N3O5. The van der Waals surface area contributed by atoms with E-state index in [4.69, 9.17) is 19.2 Å². The number of fused-ring (bicyclic) bond motifs is 1. The van der Waals surface area contributed by atoms with E-state index >= 15 is 0 Å². The van der Waals surface area contributed by atoms with E-state index in [1.807, 2.05) is 12.1 Å². The molecule has 0 aliphatic heterocycles. The number of halogens is 3. The summed E-state index contributed by atoms with van der Waals surface area (Å²) in [6, 6.07) is 7.12. The molecule has 0 unspecified atom stereocenters. The molecule has 3 aromatic rings. The van der Waals surface area contributed by atoms with Crippen molar-refractivity contribution in [2.75, 3.05) is 13.7 Å². The molecule has 0 bridgehead atoms. The zero-order valence-corrected chi connectivity index (χ0v) is 25.1. The number of rotatable bonds is 10. The summed E-state index contributed by atoms with van der Waals surface area (Å²) in [6.45, 7) is 5.67. The number of ether oxygens (including phenoxy) is 3. The Labute approximate surface area is 234 Å². The summed E-state index contributed by atoms with van der Waals surface area (Å²) in [4.78, 5) is 30.1. The van der Waals surface area contributed by atoms with Crippen LogP contribution < -0.4 is 15.0 Å². The van der Waals surface area contributed by atoms with Gasteiger partial charge in [0.2, 0.25) is 0 Å². The minimum atomic E-state index is -0.843. The number of hydrogen-bond donors (Lipinski definition) is 0. The van der Waals surface area contributed by atoms with Crippen LogP contribution in [0.2, 0.25) is 0 Å². The van der Waals surface area contributed by atoms with E-state index in [9.17, 15) is 9.59 Å². The van der Waals surface area contributed by atoms with Crippen LogP contribution in [0.3, 0.4) is 0 Å². The number of benzene rings is 2. The van der Waals surface area contributed by atoms with Gasteiger partial charge in [-0.2, -0.15) is 9.78 Å². The van der Waals surface area contributed by atoms with Gasteiger partial charge in [-0.1, -0.05) is 29.3 Å². The molecule has 0 spiro atoms. The van der Waals surface area contributed by atoms with Gasteiger partial charge in [-0.3, -0.25) is 4.79 Å². The average molecular weight is 688 g/mol. The van der Waals surface area contributed by atoms with Crippen molar-refractivity contribution in [2.45, 2.75) is 46.1 Å². The van der Waals surface area contributed by atoms with Crippen LogP contribution in [0.5, 0.6) is 11.5 Å². The fourth-order valence-electron chi connectivity index (χ4n) is 3.38. The first-order chi connectivity index (χ1) is 17.2. The Bertz CT molecular complexity index is 1360. The maximum absolute atomic E-state index is 13.3. The number of esters is 1. The van der Waals surface area contributed by atoms with Crippen molar-refractivity contribution in [1.29, 1.82) is 0 Å². The molecule has 0 N–H and O–H groups in total. The van der Waals surface area contributed by atoms with Gasteiger partial charge in [0.25, 0.3) is 5.56 Å². The molecule has 1 heterocycles. The van der Waals surface area contributed by atoms with Crippen LogP contribution in [-0.2, 0) is 16.0 Å². The predicted molar refractivity (Wildman–Crippen MR) is 150 cm³/mol. The number of nitrogens with zero attached hydrogens (tertiary/aromatic N) is 3. The lowest BCUT2D eigenvalue weighted by molar-refractivity contribution is -0.150. The Hall–Kier alpha value is -2.24. The molecule has 0 aliphatic carbocycles. The fraction of sp³-hybridized carbons (Fsp3) is 0.360. The van der Waals surface area contributed by atoms with Crippen LogP contribution in [0.25, 0.3) is 10.9 Å². The topological polar surface area (TPSA) is 92.0 Å². The van der Waals surface area contributed by atoms with Crippen molar-refractivity contribution in [3.8, 4) is 11.5 Å². The highest BCUT2D eigenvalue weighted by Crippen LogP contribution is 2.42. The van der Waals surface area contributed by atoms with Crippen molar-refractivity contribution >= 4 is 70.9 Å². The number of aromatic nitrogens is 2. The van der Waals surface area contributed by atoms with Gasteiger partial charge in [0, 0.05) is 20.9 Å². The highest BCUT2D eigenvalue weighted by Gasteiger charge is 2.23. The molecule has 0 aliphatic rings. The molecular weight excluding hydrogens is 662 g/mol. The van der Waals surface area contributed by atoms with E-state index in [-0.39, 0.29) is 12.2 Å². The van der Waals surface area contributed by atoms with Crippen LogP contribution in [0, 0.1) is 0 Å². The molecule has 0 amide bonds. The molecule has 36 heavy (non-hydrogen) atoms. The second-order valence-corrected chi connectivity index (χ2v) is 10.3. The normalized spacial score (nSPS) is 12.2. The number of carbonyl (C=O) groups excluding carboxylic acids is 1. The summed E-state index contributed by atoms with van der Waals surface area (Å²) >= 11 is 10.5. The smallest absolute Gasteiger partial charge is 0.347 e. The maximum atomic E-state index is 13.3. The fourth-order valence-corrected chi connectivity index (χ4v) is 4.65. The van der Waals surface area contributed by atoms with E-state index in [1.54, 1.807) is 32.2 Å². The van der Waals surface area contributed by atoms with Crippen molar-refractivity contribution in [3.63, 3.8) is 0 Å². The molecule has 11 heteroatoms. The van der Waals surface area contributed by atoms with E-state index in [0.29, 0.717) is 49.2 Å². The summed E-state index contributed by atoms with van der Waals surface area (Å²) in [7, 11) is 1.50. The third-order valence-corrected chi connectivity index (χ3v) is 7.87. The molecule has 0 saturated heterocycles. The first-order valence-corrected chi connectivity index (χ1v) is 13.7. The molecule has 0 saturated carbocycles. The molecule has 2 aromatic carbocycles. The highest BCUT2D eigenvalue weighted by molar-refractivity contribution is 9.13. The van der Waals surface area contributed by atoms with Gasteiger partial charge < -0.3 is 14.2 Å². The highest BCUT2D eigenvalue weighted by atomic mass is 79.9. The van der Waals surface area contributed by atoms with Gasteiger partial charge >= 0.3 is 5.97 Å². The van der Waals surface area contributed by atoms with Crippen LogP contribution in [0.4, 0.5) is 0 Å². The minimum absolute atomic E-state index is 0.254. The predicted octanol–water partition coefficient (Wildman–Crippen LogP) is 6.25. The van der Waals surface area contributed by atoms with Crippen LogP contribution in [-0.4, -0.2) is 41.7 Å². The minimum Gasteiger partial charge on any atom is -0.493 e. The van der Waals surface area contributed by atoms with Crippen LogP contribution in [0.1, 0.15) is 45.0 Å². The van der Waals surface area contributed by atoms with E-state index in [0.717, 1.165) is 17.3 Å². The van der Waals surface area contributed by atoms with Gasteiger partial charge in [-0.25, -0.2) is 9.78 Å². The third kappa shape index (κ3) is 6.36. The lowest BCUT2D eigenvalue weighted by Gasteiger charge is -2.18. The Morgan fingerprint density at radius 2 is 1.94 bits per heavy atom. The van der Waals surface area contributed by atoms with Crippen LogP contribution in [0.15, 0.2) is 47.6 Å². The average Bonchev–Trinajstić information content (AvgIpc) is 2.86. The maximum Gasteiger partial charge on any atom is 0.347 e. The first kappa shape index (κ1) is 28.3. The van der Waals surface area contributed by atoms with E-state index in [1.165, 1.54) is 11.8 Å². The largest absolute Gasteiger partial charge is 0.493 e. The zero-order chi connectivity index (χ0) is 26.4. The molecule has 1 aromatic heterocycles. The van der Waals surface area contributed by atoms with E-state index < -0.39 is 12.1 Å². The Kier molecular flexibility index (Phi) is 10.1. The quantitative estimate of drug-likeness (QED) is 0.185. The standard InChI is InChI=1S/C25H26Br3N3O5/c1-5-7-8-20-30-18-10-9-16(26)12-17(18)24(32)31(20)29-13-15-11-19(34-4)23(22(28)21(15)27)36-14(3)25(33)35-6-2/h9-14H,5-8H2,1-4H3/t14-/m0/s1. The van der Waals surface area contributed by atoms with Gasteiger partial charge in [0.05, 0.1) is 35.3 Å². The summed E-state index contributed by atoms with van der Waals surface area (Å²) in [5.41, 5.74) is 0.995. The first-order valence-electron chi connectivity index (χ1n) is 11.4. The second kappa shape index (κ2) is 12.8. The Morgan fingerprint density at radius 3 is 2.61 bits per heavy atom.